The van der Waals surface area contributed by atoms with Gasteiger partial charge < -0.3 is 9.57 Å². The Balaban J connectivity index is 1.53. The molecule has 1 aliphatic heterocycles. The van der Waals surface area contributed by atoms with E-state index in [9.17, 15) is 0 Å². The average Bonchev–Trinajstić information content (AvgIpc) is 3.07. The molecule has 1 aromatic rings. The van der Waals surface area contributed by atoms with E-state index in [-0.39, 0.29) is 5.60 Å². The third-order valence-corrected chi connectivity index (χ3v) is 4.86. The number of nitrogens with zero attached hydrogens (tertiary/aromatic N) is 2. The lowest BCUT2D eigenvalue weighted by Gasteiger charge is -2.21. The zero-order valence-corrected chi connectivity index (χ0v) is 13.5. The van der Waals surface area contributed by atoms with Crippen LogP contribution in [-0.2, 0) is 4.84 Å². The van der Waals surface area contributed by atoms with E-state index in [1.54, 1.807) is 13.2 Å². The van der Waals surface area contributed by atoms with E-state index in [2.05, 4.69) is 10.0 Å². The largest absolute Gasteiger partial charge is 0.485 e. The summed E-state index contributed by atoms with van der Waals surface area (Å²) in [6.45, 7) is 4.05. The van der Waals surface area contributed by atoms with Crippen LogP contribution in [0.2, 0.25) is 5.15 Å². The maximum Gasteiger partial charge on any atom is 0.141 e. The zero-order chi connectivity index (χ0) is 14.9. The summed E-state index contributed by atoms with van der Waals surface area (Å²) in [7, 11) is 1.75. The van der Waals surface area contributed by atoms with Crippen molar-refractivity contribution >= 4 is 11.6 Å². The first kappa shape index (κ1) is 15.1. The molecule has 2 fully saturated rings. The van der Waals surface area contributed by atoms with Gasteiger partial charge in [0.25, 0.3) is 0 Å². The second-order valence-electron chi connectivity index (χ2n) is 6.27. The Bertz CT molecular complexity index is 505. The molecule has 1 saturated carbocycles. The van der Waals surface area contributed by atoms with Gasteiger partial charge in [-0.15, -0.1) is 0 Å². The Hall–Kier alpha value is -0.840. The highest BCUT2D eigenvalue weighted by Gasteiger charge is 2.46. The summed E-state index contributed by atoms with van der Waals surface area (Å²) in [6.07, 6.45) is 5.86. The quantitative estimate of drug-likeness (QED) is 0.752. The van der Waals surface area contributed by atoms with Gasteiger partial charge in [-0.25, -0.2) is 4.98 Å². The first-order chi connectivity index (χ1) is 10.1. The van der Waals surface area contributed by atoms with Gasteiger partial charge in [0.05, 0.1) is 12.8 Å². The van der Waals surface area contributed by atoms with E-state index in [1.807, 2.05) is 13.0 Å². The van der Waals surface area contributed by atoms with Gasteiger partial charge in [0.15, 0.2) is 0 Å². The lowest BCUT2D eigenvalue weighted by Crippen LogP contribution is -2.22. The van der Waals surface area contributed by atoms with Crippen molar-refractivity contribution in [3.8, 4) is 5.75 Å². The summed E-state index contributed by atoms with van der Waals surface area (Å²) in [5.74, 6) is 1.61. The fourth-order valence-electron chi connectivity index (χ4n) is 3.07. The van der Waals surface area contributed by atoms with Crippen LogP contribution >= 0.6 is 11.6 Å². The summed E-state index contributed by atoms with van der Waals surface area (Å²) >= 11 is 5.90. The van der Waals surface area contributed by atoms with Gasteiger partial charge >= 0.3 is 0 Å². The molecule has 0 aromatic carbocycles. The molecular weight excluding hydrogens is 288 g/mol. The summed E-state index contributed by atoms with van der Waals surface area (Å²) < 4.78 is 6.25. The van der Waals surface area contributed by atoms with Crippen LogP contribution in [0.15, 0.2) is 12.1 Å². The van der Waals surface area contributed by atoms with Crippen molar-refractivity contribution in [1.29, 1.82) is 0 Å². The van der Waals surface area contributed by atoms with Crippen LogP contribution in [-0.4, -0.2) is 35.8 Å². The van der Waals surface area contributed by atoms with Crippen molar-refractivity contribution in [3.63, 3.8) is 0 Å². The second-order valence-corrected chi connectivity index (χ2v) is 6.65. The minimum Gasteiger partial charge on any atom is -0.485 e. The Morgan fingerprint density at radius 3 is 2.86 bits per heavy atom. The lowest BCUT2D eigenvalue weighted by molar-refractivity contribution is -0.115. The van der Waals surface area contributed by atoms with E-state index in [0.717, 1.165) is 49.7 Å². The molecule has 0 amide bonds. The zero-order valence-electron chi connectivity index (χ0n) is 12.8. The van der Waals surface area contributed by atoms with Crippen LogP contribution in [0.25, 0.3) is 0 Å². The first-order valence-electron chi connectivity index (χ1n) is 7.71. The first-order valence-corrected chi connectivity index (χ1v) is 8.09. The number of pyridine rings is 1. The van der Waals surface area contributed by atoms with Crippen LogP contribution in [0.4, 0.5) is 0 Å². The Morgan fingerprint density at radius 2 is 2.24 bits per heavy atom. The number of rotatable bonds is 6. The highest BCUT2D eigenvalue weighted by atomic mass is 35.5. The van der Waals surface area contributed by atoms with Gasteiger partial charge in [0, 0.05) is 13.1 Å². The van der Waals surface area contributed by atoms with Crippen molar-refractivity contribution in [2.24, 2.45) is 5.92 Å². The third-order valence-electron chi connectivity index (χ3n) is 4.65. The normalized spacial score (nSPS) is 24.2. The molecule has 4 nitrogen and oxygen atoms in total. The van der Waals surface area contributed by atoms with Crippen molar-refractivity contribution in [2.75, 3.05) is 20.2 Å². The highest BCUT2D eigenvalue weighted by Crippen LogP contribution is 2.45. The lowest BCUT2D eigenvalue weighted by atomic mass is 9.99. The number of ether oxygens (including phenoxy) is 1. The van der Waals surface area contributed by atoms with Gasteiger partial charge in [-0.2, -0.15) is 5.06 Å². The van der Waals surface area contributed by atoms with Crippen molar-refractivity contribution in [3.05, 3.63) is 23.0 Å². The summed E-state index contributed by atoms with van der Waals surface area (Å²) in [5, 5.41) is 2.58. The van der Waals surface area contributed by atoms with Gasteiger partial charge in [0.2, 0.25) is 0 Å². The van der Waals surface area contributed by atoms with Crippen LogP contribution < -0.4 is 4.74 Å². The van der Waals surface area contributed by atoms with Crippen molar-refractivity contribution in [2.45, 2.75) is 44.6 Å². The molecule has 3 rings (SSSR count). The number of hydroxylamine groups is 2. The number of aromatic nitrogens is 1. The van der Waals surface area contributed by atoms with Crippen LogP contribution in [0.1, 0.15) is 37.8 Å². The van der Waals surface area contributed by atoms with Crippen molar-refractivity contribution < 1.29 is 9.57 Å². The van der Waals surface area contributed by atoms with Crippen LogP contribution in [0.3, 0.4) is 0 Å². The molecule has 116 valence electrons. The number of halogens is 1. The Kier molecular flexibility index (Phi) is 4.38. The minimum absolute atomic E-state index is 0.0424. The minimum atomic E-state index is 0.0424. The van der Waals surface area contributed by atoms with Crippen molar-refractivity contribution in [1.82, 2.24) is 10.0 Å². The molecule has 0 radical (unpaired) electrons. The highest BCUT2D eigenvalue weighted by molar-refractivity contribution is 6.29. The Morgan fingerprint density at radius 1 is 1.43 bits per heavy atom. The molecule has 1 atom stereocenters. The third kappa shape index (κ3) is 3.68. The smallest absolute Gasteiger partial charge is 0.141 e. The number of hydrogen-bond acceptors (Lipinski definition) is 4. The molecule has 1 saturated heterocycles. The molecule has 21 heavy (non-hydrogen) atoms. The van der Waals surface area contributed by atoms with Gasteiger partial charge in [0.1, 0.15) is 16.5 Å². The summed E-state index contributed by atoms with van der Waals surface area (Å²) in [4.78, 5) is 9.55. The SMILES string of the molecule is CON1CC[C@H](CCC2(Oc3ccc(Cl)nc3C)CC2)C1. The maximum absolute atomic E-state index is 6.25. The predicted molar refractivity (Wildman–Crippen MR) is 82.5 cm³/mol. The van der Waals surface area contributed by atoms with Gasteiger partial charge in [-0.05, 0) is 57.1 Å². The van der Waals surface area contributed by atoms with Crippen LogP contribution in [0.5, 0.6) is 5.75 Å². The molecule has 0 spiro atoms. The van der Waals surface area contributed by atoms with E-state index < -0.39 is 0 Å². The van der Waals surface area contributed by atoms with E-state index in [1.165, 1.54) is 12.8 Å². The fraction of sp³-hybridized carbons (Fsp3) is 0.688. The van der Waals surface area contributed by atoms with Gasteiger partial charge in [-0.3, -0.25) is 0 Å². The Labute approximate surface area is 131 Å². The molecule has 1 aromatic heterocycles. The summed E-state index contributed by atoms with van der Waals surface area (Å²) in [5.41, 5.74) is 0.918. The van der Waals surface area contributed by atoms with E-state index in [0.29, 0.717) is 5.15 Å². The van der Waals surface area contributed by atoms with Gasteiger partial charge in [-0.1, -0.05) is 11.6 Å². The molecule has 0 N–H and O–H groups in total. The molecule has 0 unspecified atom stereocenters. The fourth-order valence-corrected chi connectivity index (χ4v) is 3.26. The summed E-state index contributed by atoms with van der Waals surface area (Å²) in [6, 6.07) is 3.74. The van der Waals surface area contributed by atoms with E-state index >= 15 is 0 Å². The molecule has 1 aliphatic carbocycles. The molecule has 2 heterocycles. The molecule has 2 aliphatic rings. The predicted octanol–water partition coefficient (Wildman–Crippen LogP) is 3.62. The maximum atomic E-state index is 6.25. The average molecular weight is 311 g/mol. The monoisotopic (exact) mass is 310 g/mol. The second kappa shape index (κ2) is 6.11. The molecular formula is C16H23ClN2O2. The topological polar surface area (TPSA) is 34.6 Å². The number of aryl methyl sites for hydroxylation is 1. The van der Waals surface area contributed by atoms with E-state index in [4.69, 9.17) is 21.2 Å². The standard InChI is InChI=1S/C16H23ClN2O2/c1-12-14(3-4-15(17)18-12)21-16(8-9-16)7-5-13-6-10-19(11-13)20-2/h3-4,13H,5-11H2,1-2H3/t13-/m0/s1. The molecule has 5 heteroatoms. The molecule has 0 bridgehead atoms. The number of hydrogen-bond donors (Lipinski definition) is 0. The van der Waals surface area contributed by atoms with Crippen LogP contribution in [0, 0.1) is 12.8 Å².